The van der Waals surface area contributed by atoms with Crippen molar-refractivity contribution in [3.63, 3.8) is 0 Å². The highest BCUT2D eigenvalue weighted by molar-refractivity contribution is 6.36. The molecular weight excluding hydrogens is 264 g/mol. The highest BCUT2D eigenvalue weighted by atomic mass is 35.5. The lowest BCUT2D eigenvalue weighted by molar-refractivity contribution is -0.117. The van der Waals surface area contributed by atoms with E-state index in [0.717, 1.165) is 0 Å². The molecule has 1 amide bonds. The van der Waals surface area contributed by atoms with E-state index in [9.17, 15) is 9.18 Å². The topological polar surface area (TPSA) is 20.3 Å². The van der Waals surface area contributed by atoms with Gasteiger partial charge in [0.15, 0.2) is 0 Å². The first-order valence-corrected chi connectivity index (χ1v) is 5.86. The average Bonchev–Trinajstić information content (AvgIpc) is 2.65. The summed E-state index contributed by atoms with van der Waals surface area (Å²) in [7, 11) is 0. The summed E-state index contributed by atoms with van der Waals surface area (Å²) in [5.41, 5.74) is 0.364. The van der Waals surface area contributed by atoms with Crippen LogP contribution in [0.5, 0.6) is 0 Å². The molecule has 1 aliphatic rings. The Morgan fingerprint density at radius 2 is 2.12 bits per heavy atom. The molecule has 0 aromatic heterocycles. The van der Waals surface area contributed by atoms with E-state index in [0.29, 0.717) is 18.7 Å². The Balaban J connectivity index is 2.38. The molecule has 0 spiro atoms. The summed E-state index contributed by atoms with van der Waals surface area (Å²) >= 11 is 11.6. The summed E-state index contributed by atoms with van der Waals surface area (Å²) in [4.78, 5) is 13.2. The molecule has 0 N–H and O–H groups in total. The van der Waals surface area contributed by atoms with Gasteiger partial charge in [-0.2, -0.15) is 0 Å². The quantitative estimate of drug-likeness (QED) is 0.595. The van der Waals surface area contributed by atoms with Crippen molar-refractivity contribution in [3.05, 3.63) is 40.7 Å². The first-order chi connectivity index (χ1) is 8.02. The monoisotopic (exact) mass is 273 g/mol. The van der Waals surface area contributed by atoms with Gasteiger partial charge in [-0.05, 0) is 6.07 Å². The van der Waals surface area contributed by atoms with Gasteiger partial charge in [-0.25, -0.2) is 4.39 Å². The Morgan fingerprint density at radius 1 is 1.41 bits per heavy atom. The fourth-order valence-electron chi connectivity index (χ4n) is 1.84. The van der Waals surface area contributed by atoms with Crippen molar-refractivity contribution in [1.29, 1.82) is 0 Å². The summed E-state index contributed by atoms with van der Waals surface area (Å²) in [5.74, 6) is -0.586. The number of benzene rings is 1. The van der Waals surface area contributed by atoms with Crippen molar-refractivity contribution in [2.75, 3.05) is 11.4 Å². The molecule has 1 aromatic carbocycles. The van der Waals surface area contributed by atoms with Crippen molar-refractivity contribution >= 4 is 34.8 Å². The predicted molar refractivity (Wildman–Crippen MR) is 67.1 cm³/mol. The Labute approximate surface area is 109 Å². The van der Waals surface area contributed by atoms with Crippen molar-refractivity contribution in [3.8, 4) is 0 Å². The van der Waals surface area contributed by atoms with Crippen LogP contribution in [-0.2, 0) is 4.79 Å². The van der Waals surface area contributed by atoms with Crippen molar-refractivity contribution < 1.29 is 9.18 Å². The summed E-state index contributed by atoms with van der Waals surface area (Å²) in [6.07, 6.45) is 2.10. The molecule has 1 atom stereocenters. The number of carbonyl (C=O) groups is 1. The molecule has 1 fully saturated rings. The molecule has 1 heterocycles. The van der Waals surface area contributed by atoms with Crippen LogP contribution in [0.15, 0.2) is 24.8 Å². The minimum Gasteiger partial charge on any atom is -0.310 e. The van der Waals surface area contributed by atoms with E-state index in [1.807, 2.05) is 0 Å². The van der Waals surface area contributed by atoms with Crippen LogP contribution < -0.4 is 4.90 Å². The summed E-state index contributed by atoms with van der Waals surface area (Å²) in [6.45, 7) is 4.13. The molecule has 1 aromatic rings. The lowest BCUT2D eigenvalue weighted by Crippen LogP contribution is -2.24. The van der Waals surface area contributed by atoms with Gasteiger partial charge in [0.1, 0.15) is 5.82 Å². The second-order valence-electron chi connectivity index (χ2n) is 3.92. The van der Waals surface area contributed by atoms with Crippen molar-refractivity contribution in [2.24, 2.45) is 5.92 Å². The van der Waals surface area contributed by atoms with Crippen LogP contribution in [0.25, 0.3) is 0 Å². The number of carbonyl (C=O) groups excluding carboxylic acids is 1. The largest absolute Gasteiger partial charge is 0.310 e. The number of hydrogen-bond donors (Lipinski definition) is 0. The first-order valence-electron chi connectivity index (χ1n) is 5.10. The zero-order valence-electron chi connectivity index (χ0n) is 8.92. The maximum absolute atomic E-state index is 13.4. The molecule has 1 aliphatic heterocycles. The van der Waals surface area contributed by atoms with Gasteiger partial charge in [-0.1, -0.05) is 29.3 Å². The maximum Gasteiger partial charge on any atom is 0.227 e. The highest BCUT2D eigenvalue weighted by Gasteiger charge is 2.30. The Hall–Kier alpha value is -1.06. The van der Waals surface area contributed by atoms with E-state index in [1.54, 1.807) is 6.08 Å². The van der Waals surface area contributed by atoms with E-state index in [2.05, 4.69) is 6.58 Å². The van der Waals surface area contributed by atoms with Gasteiger partial charge >= 0.3 is 0 Å². The van der Waals surface area contributed by atoms with E-state index in [4.69, 9.17) is 23.2 Å². The SMILES string of the molecule is C=CC1CC(=O)N(c2cc(F)c(Cl)cc2Cl)C1. The van der Waals surface area contributed by atoms with Crippen LogP contribution >= 0.6 is 23.2 Å². The normalized spacial score (nSPS) is 19.8. The van der Waals surface area contributed by atoms with E-state index < -0.39 is 5.82 Å². The number of anilines is 1. The number of rotatable bonds is 2. The molecule has 0 saturated carbocycles. The van der Waals surface area contributed by atoms with Gasteiger partial charge in [0.05, 0.1) is 15.7 Å². The summed E-state index contributed by atoms with van der Waals surface area (Å²) in [5, 5.41) is 0.222. The molecule has 90 valence electrons. The van der Waals surface area contributed by atoms with Crippen molar-refractivity contribution in [2.45, 2.75) is 6.42 Å². The molecule has 0 bridgehead atoms. The first kappa shape index (κ1) is 12.4. The number of nitrogens with zero attached hydrogens (tertiary/aromatic N) is 1. The average molecular weight is 274 g/mol. The third-order valence-electron chi connectivity index (χ3n) is 2.77. The van der Waals surface area contributed by atoms with Gasteiger partial charge in [-0.3, -0.25) is 4.79 Å². The molecule has 17 heavy (non-hydrogen) atoms. The fraction of sp³-hybridized carbons (Fsp3) is 0.250. The molecule has 0 aliphatic carbocycles. The van der Waals surface area contributed by atoms with Gasteiger partial charge in [0.25, 0.3) is 0 Å². The second-order valence-corrected chi connectivity index (χ2v) is 4.74. The maximum atomic E-state index is 13.4. The smallest absolute Gasteiger partial charge is 0.227 e. The third kappa shape index (κ3) is 2.31. The molecule has 5 heteroatoms. The fourth-order valence-corrected chi connectivity index (χ4v) is 2.33. The number of amides is 1. The molecule has 1 saturated heterocycles. The third-order valence-corrected chi connectivity index (χ3v) is 3.36. The molecule has 1 unspecified atom stereocenters. The number of halogens is 3. The van der Waals surface area contributed by atoms with E-state index in [-0.39, 0.29) is 21.9 Å². The van der Waals surface area contributed by atoms with Gasteiger partial charge < -0.3 is 4.90 Å². The lowest BCUT2D eigenvalue weighted by Gasteiger charge is -2.18. The Morgan fingerprint density at radius 3 is 2.71 bits per heavy atom. The summed E-state index contributed by atoms with van der Waals surface area (Å²) < 4.78 is 13.4. The zero-order chi connectivity index (χ0) is 12.6. The molecule has 2 rings (SSSR count). The minimum absolute atomic E-state index is 0.0503. The second kappa shape index (κ2) is 4.67. The Kier molecular flexibility index (Phi) is 3.40. The molecule has 2 nitrogen and oxygen atoms in total. The van der Waals surface area contributed by atoms with Gasteiger partial charge in [-0.15, -0.1) is 6.58 Å². The van der Waals surface area contributed by atoms with Gasteiger partial charge in [0, 0.05) is 24.9 Å². The van der Waals surface area contributed by atoms with E-state index in [1.165, 1.54) is 17.0 Å². The van der Waals surface area contributed by atoms with Gasteiger partial charge in [0.2, 0.25) is 5.91 Å². The van der Waals surface area contributed by atoms with Crippen molar-refractivity contribution in [1.82, 2.24) is 0 Å². The zero-order valence-corrected chi connectivity index (χ0v) is 10.4. The highest BCUT2D eigenvalue weighted by Crippen LogP contribution is 2.34. The van der Waals surface area contributed by atoms with Crippen LogP contribution in [0.3, 0.4) is 0 Å². The lowest BCUT2D eigenvalue weighted by atomic mass is 10.1. The van der Waals surface area contributed by atoms with Crippen LogP contribution in [0.2, 0.25) is 10.0 Å². The standard InChI is InChI=1S/C12H10Cl2FNO/c1-2-7-3-12(17)16(6-7)11-5-10(15)8(13)4-9(11)14/h2,4-5,7H,1,3,6H2. The van der Waals surface area contributed by atoms with Crippen LogP contribution in [0, 0.1) is 11.7 Å². The molecular formula is C12H10Cl2FNO. The predicted octanol–water partition coefficient (Wildman–Crippen LogP) is 3.67. The summed E-state index contributed by atoms with van der Waals surface area (Å²) in [6, 6.07) is 2.50. The minimum atomic E-state index is -0.582. The number of hydrogen-bond acceptors (Lipinski definition) is 1. The van der Waals surface area contributed by atoms with Crippen LogP contribution in [0.1, 0.15) is 6.42 Å². The van der Waals surface area contributed by atoms with Crippen LogP contribution in [0.4, 0.5) is 10.1 Å². The van der Waals surface area contributed by atoms with Crippen LogP contribution in [-0.4, -0.2) is 12.5 Å². The Bertz CT molecular complexity index is 490. The van der Waals surface area contributed by atoms with E-state index >= 15 is 0 Å². The molecule has 0 radical (unpaired) electrons.